The standard InChI is InChI=1S/C15H14O2/c1-11(15(16)17-2)10-13-8-5-7-12-6-3-4-9-14(12)13/h3-10H,1-2H3. The van der Waals surface area contributed by atoms with Crippen molar-refractivity contribution in [1.29, 1.82) is 0 Å². The minimum atomic E-state index is -0.294. The Morgan fingerprint density at radius 2 is 1.82 bits per heavy atom. The van der Waals surface area contributed by atoms with Crippen molar-refractivity contribution in [2.24, 2.45) is 0 Å². The molecule has 2 heteroatoms. The van der Waals surface area contributed by atoms with Crippen molar-refractivity contribution in [3.63, 3.8) is 0 Å². The number of methoxy groups -OCH3 is 1. The Kier molecular flexibility index (Phi) is 3.24. The van der Waals surface area contributed by atoms with E-state index in [0.29, 0.717) is 5.57 Å². The summed E-state index contributed by atoms with van der Waals surface area (Å²) in [6.45, 7) is 1.76. The first-order chi connectivity index (χ1) is 8.22. The van der Waals surface area contributed by atoms with E-state index in [-0.39, 0.29) is 5.97 Å². The summed E-state index contributed by atoms with van der Waals surface area (Å²) in [6.07, 6.45) is 1.86. The molecule has 0 saturated carbocycles. The Hall–Kier alpha value is -2.09. The van der Waals surface area contributed by atoms with E-state index in [1.54, 1.807) is 6.92 Å². The van der Waals surface area contributed by atoms with Gasteiger partial charge in [0.15, 0.2) is 0 Å². The number of fused-ring (bicyclic) bond motifs is 1. The number of hydrogen-bond donors (Lipinski definition) is 0. The van der Waals surface area contributed by atoms with Crippen LogP contribution in [0.25, 0.3) is 16.8 Å². The van der Waals surface area contributed by atoms with E-state index in [9.17, 15) is 4.79 Å². The van der Waals surface area contributed by atoms with Gasteiger partial charge in [0.05, 0.1) is 7.11 Å². The molecule has 0 spiro atoms. The first-order valence-electron chi connectivity index (χ1n) is 5.47. The second-order valence-corrected chi connectivity index (χ2v) is 3.89. The van der Waals surface area contributed by atoms with Crippen molar-refractivity contribution in [3.8, 4) is 0 Å². The molecule has 2 rings (SSSR count). The molecule has 2 aromatic rings. The molecule has 0 amide bonds. The molecule has 0 heterocycles. The highest BCUT2D eigenvalue weighted by Crippen LogP contribution is 2.20. The SMILES string of the molecule is COC(=O)C(C)=Cc1cccc2ccccc12. The molecule has 0 aliphatic rings. The normalized spacial score (nSPS) is 11.5. The van der Waals surface area contributed by atoms with Crippen LogP contribution in [-0.2, 0) is 9.53 Å². The van der Waals surface area contributed by atoms with E-state index in [1.807, 2.05) is 36.4 Å². The molecule has 0 fully saturated rings. The number of carbonyl (C=O) groups excluding carboxylic acids is 1. The van der Waals surface area contributed by atoms with Gasteiger partial charge >= 0.3 is 5.97 Å². The molecule has 0 saturated heterocycles. The van der Waals surface area contributed by atoms with Gasteiger partial charge < -0.3 is 4.74 Å². The van der Waals surface area contributed by atoms with Crippen molar-refractivity contribution in [2.75, 3.05) is 7.11 Å². The van der Waals surface area contributed by atoms with Gasteiger partial charge in [-0.15, -0.1) is 0 Å². The minimum absolute atomic E-state index is 0.294. The predicted octanol–water partition coefficient (Wildman–Crippen LogP) is 3.42. The summed E-state index contributed by atoms with van der Waals surface area (Å²) in [5.41, 5.74) is 1.63. The second kappa shape index (κ2) is 4.83. The van der Waals surface area contributed by atoms with E-state index in [1.165, 1.54) is 12.5 Å². The smallest absolute Gasteiger partial charge is 0.333 e. The van der Waals surface area contributed by atoms with Crippen molar-refractivity contribution in [1.82, 2.24) is 0 Å². The molecule has 0 bridgehead atoms. The summed E-state index contributed by atoms with van der Waals surface area (Å²) < 4.78 is 4.69. The zero-order valence-corrected chi connectivity index (χ0v) is 9.94. The van der Waals surface area contributed by atoms with Gasteiger partial charge in [-0.05, 0) is 29.3 Å². The van der Waals surface area contributed by atoms with Gasteiger partial charge in [-0.3, -0.25) is 0 Å². The quantitative estimate of drug-likeness (QED) is 0.579. The monoisotopic (exact) mass is 226 g/mol. The van der Waals surface area contributed by atoms with Gasteiger partial charge in [-0.25, -0.2) is 4.79 Å². The number of rotatable bonds is 2. The van der Waals surface area contributed by atoms with Crippen LogP contribution in [-0.4, -0.2) is 13.1 Å². The van der Waals surface area contributed by atoms with Gasteiger partial charge in [0.25, 0.3) is 0 Å². The lowest BCUT2D eigenvalue weighted by molar-refractivity contribution is -0.135. The van der Waals surface area contributed by atoms with E-state index in [4.69, 9.17) is 0 Å². The minimum Gasteiger partial charge on any atom is -0.466 e. The van der Waals surface area contributed by atoms with Crippen LogP contribution in [0.2, 0.25) is 0 Å². The van der Waals surface area contributed by atoms with Gasteiger partial charge in [0, 0.05) is 5.57 Å². The Morgan fingerprint density at radius 1 is 1.12 bits per heavy atom. The molecule has 0 unspecified atom stereocenters. The predicted molar refractivity (Wildman–Crippen MR) is 69.6 cm³/mol. The van der Waals surface area contributed by atoms with E-state index >= 15 is 0 Å². The number of ether oxygens (including phenoxy) is 1. The van der Waals surface area contributed by atoms with Crippen molar-refractivity contribution < 1.29 is 9.53 Å². The summed E-state index contributed by atoms with van der Waals surface area (Å²) in [6, 6.07) is 14.1. The number of hydrogen-bond acceptors (Lipinski definition) is 2. The van der Waals surface area contributed by atoms with Crippen LogP contribution >= 0.6 is 0 Å². The fourth-order valence-electron chi connectivity index (χ4n) is 1.83. The first-order valence-corrected chi connectivity index (χ1v) is 5.47. The maximum atomic E-state index is 11.4. The Morgan fingerprint density at radius 3 is 2.59 bits per heavy atom. The Labute approximate surface area is 101 Å². The molecule has 2 nitrogen and oxygen atoms in total. The third-order valence-corrected chi connectivity index (χ3v) is 2.70. The fraction of sp³-hybridized carbons (Fsp3) is 0.133. The molecule has 0 atom stereocenters. The maximum absolute atomic E-state index is 11.4. The second-order valence-electron chi connectivity index (χ2n) is 3.89. The molecule has 17 heavy (non-hydrogen) atoms. The molecular weight excluding hydrogens is 212 g/mol. The van der Waals surface area contributed by atoms with Gasteiger partial charge in [0.2, 0.25) is 0 Å². The lowest BCUT2D eigenvalue weighted by Gasteiger charge is -2.03. The van der Waals surface area contributed by atoms with Crippen LogP contribution in [0.5, 0.6) is 0 Å². The van der Waals surface area contributed by atoms with Crippen LogP contribution in [0, 0.1) is 0 Å². The topological polar surface area (TPSA) is 26.3 Å². The summed E-state index contributed by atoms with van der Waals surface area (Å²) in [4.78, 5) is 11.4. The van der Waals surface area contributed by atoms with Crippen LogP contribution in [0.1, 0.15) is 12.5 Å². The van der Waals surface area contributed by atoms with E-state index in [2.05, 4.69) is 16.9 Å². The number of esters is 1. The highest BCUT2D eigenvalue weighted by Gasteiger charge is 2.04. The average molecular weight is 226 g/mol. The third-order valence-electron chi connectivity index (χ3n) is 2.70. The van der Waals surface area contributed by atoms with Gasteiger partial charge in [-0.1, -0.05) is 42.5 Å². The number of benzene rings is 2. The van der Waals surface area contributed by atoms with E-state index in [0.717, 1.165) is 10.9 Å². The largest absolute Gasteiger partial charge is 0.466 e. The summed E-state index contributed by atoms with van der Waals surface area (Å²) in [7, 11) is 1.39. The van der Waals surface area contributed by atoms with Gasteiger partial charge in [0.1, 0.15) is 0 Å². The summed E-state index contributed by atoms with van der Waals surface area (Å²) >= 11 is 0. The lowest BCUT2D eigenvalue weighted by Crippen LogP contribution is -2.01. The maximum Gasteiger partial charge on any atom is 0.333 e. The van der Waals surface area contributed by atoms with Crippen LogP contribution in [0.4, 0.5) is 0 Å². The zero-order chi connectivity index (χ0) is 12.3. The Balaban J connectivity index is 2.53. The summed E-state index contributed by atoms with van der Waals surface area (Å²) in [5.74, 6) is -0.294. The lowest BCUT2D eigenvalue weighted by atomic mass is 10.0. The van der Waals surface area contributed by atoms with Crippen LogP contribution in [0.3, 0.4) is 0 Å². The Bertz CT molecular complexity index is 577. The molecule has 0 aliphatic carbocycles. The third kappa shape index (κ3) is 2.36. The molecule has 0 aromatic heterocycles. The highest BCUT2D eigenvalue weighted by atomic mass is 16.5. The molecule has 86 valence electrons. The van der Waals surface area contributed by atoms with Gasteiger partial charge in [-0.2, -0.15) is 0 Å². The molecule has 2 aromatic carbocycles. The summed E-state index contributed by atoms with van der Waals surface area (Å²) in [5, 5.41) is 2.30. The van der Waals surface area contributed by atoms with Crippen LogP contribution in [0.15, 0.2) is 48.0 Å². The van der Waals surface area contributed by atoms with Crippen LogP contribution < -0.4 is 0 Å². The van der Waals surface area contributed by atoms with Crippen molar-refractivity contribution in [2.45, 2.75) is 6.92 Å². The molecular formula is C15H14O2. The van der Waals surface area contributed by atoms with Crippen molar-refractivity contribution in [3.05, 3.63) is 53.6 Å². The molecule has 0 radical (unpaired) electrons. The number of carbonyl (C=O) groups is 1. The first kappa shape index (κ1) is 11.4. The molecule has 0 aliphatic heterocycles. The average Bonchev–Trinajstić information content (AvgIpc) is 2.38. The fourth-order valence-corrected chi connectivity index (χ4v) is 1.83. The highest BCUT2D eigenvalue weighted by molar-refractivity contribution is 5.97. The van der Waals surface area contributed by atoms with Crippen molar-refractivity contribution >= 4 is 22.8 Å². The van der Waals surface area contributed by atoms with E-state index < -0.39 is 0 Å². The zero-order valence-electron chi connectivity index (χ0n) is 9.94. The molecule has 0 N–H and O–H groups in total.